The summed E-state index contributed by atoms with van der Waals surface area (Å²) < 4.78 is 10.8. The number of hydrogen-bond donors (Lipinski definition) is 1. The fourth-order valence-corrected chi connectivity index (χ4v) is 4.65. The zero-order chi connectivity index (χ0) is 17.8. The summed E-state index contributed by atoms with van der Waals surface area (Å²) in [5.74, 6) is 1.63. The molecule has 3 rings (SSSR count). The Morgan fingerprint density at radius 3 is 2.56 bits per heavy atom. The van der Waals surface area contributed by atoms with Crippen LogP contribution in [0.25, 0.3) is 0 Å². The lowest BCUT2D eigenvalue weighted by atomic mass is 10.1. The number of thioether (sulfide) groups is 1. The Labute approximate surface area is 153 Å². The van der Waals surface area contributed by atoms with E-state index >= 15 is 0 Å². The van der Waals surface area contributed by atoms with Crippen molar-refractivity contribution in [2.24, 2.45) is 0 Å². The molecule has 2 aliphatic rings. The van der Waals surface area contributed by atoms with Crippen LogP contribution >= 0.6 is 11.8 Å². The van der Waals surface area contributed by atoms with E-state index in [2.05, 4.69) is 10.2 Å². The molecule has 2 aliphatic heterocycles. The maximum atomic E-state index is 12.7. The minimum Gasteiger partial charge on any atom is -0.493 e. The standard InChI is InChI=1S/C18H27N3O3S/c1-13-17(22)21(11-10-20-8-6-19-7-9-20)18(25-13)14-4-5-15(23-2)16(12-14)24-3/h4-5,12-13,18-19H,6-11H2,1-3H3. The van der Waals surface area contributed by atoms with Gasteiger partial charge < -0.3 is 19.7 Å². The van der Waals surface area contributed by atoms with E-state index in [1.807, 2.05) is 30.0 Å². The highest BCUT2D eigenvalue weighted by atomic mass is 32.2. The molecule has 0 aliphatic carbocycles. The lowest BCUT2D eigenvalue weighted by Crippen LogP contribution is -2.46. The van der Waals surface area contributed by atoms with Crippen LogP contribution in [0.3, 0.4) is 0 Å². The number of methoxy groups -OCH3 is 2. The summed E-state index contributed by atoms with van der Waals surface area (Å²) in [4.78, 5) is 17.1. The molecule has 0 saturated carbocycles. The van der Waals surface area contributed by atoms with Gasteiger partial charge in [0.1, 0.15) is 5.37 Å². The number of nitrogens with one attached hydrogen (secondary N) is 1. The quantitative estimate of drug-likeness (QED) is 0.826. The summed E-state index contributed by atoms with van der Waals surface area (Å²) in [5, 5.41) is 3.38. The van der Waals surface area contributed by atoms with Gasteiger partial charge in [-0.2, -0.15) is 0 Å². The van der Waals surface area contributed by atoms with E-state index in [-0.39, 0.29) is 16.5 Å². The van der Waals surface area contributed by atoms with Crippen molar-refractivity contribution in [3.05, 3.63) is 23.8 Å². The highest BCUT2D eigenvalue weighted by molar-refractivity contribution is 8.01. The van der Waals surface area contributed by atoms with Crippen LogP contribution in [0.1, 0.15) is 17.9 Å². The van der Waals surface area contributed by atoms with Crippen molar-refractivity contribution in [2.45, 2.75) is 17.5 Å². The molecular formula is C18H27N3O3S. The Morgan fingerprint density at radius 1 is 1.16 bits per heavy atom. The molecule has 1 N–H and O–H groups in total. The van der Waals surface area contributed by atoms with E-state index in [1.165, 1.54) is 0 Å². The molecule has 2 unspecified atom stereocenters. The van der Waals surface area contributed by atoms with Gasteiger partial charge in [-0.3, -0.25) is 9.69 Å². The first-order chi connectivity index (χ1) is 12.1. The van der Waals surface area contributed by atoms with Gasteiger partial charge in [0.2, 0.25) is 5.91 Å². The van der Waals surface area contributed by atoms with Crippen molar-refractivity contribution in [3.8, 4) is 11.5 Å². The van der Waals surface area contributed by atoms with Gasteiger partial charge in [0, 0.05) is 39.3 Å². The summed E-state index contributed by atoms with van der Waals surface area (Å²) in [5.41, 5.74) is 1.08. The molecule has 0 aromatic heterocycles. The molecular weight excluding hydrogens is 338 g/mol. The first-order valence-corrected chi connectivity index (χ1v) is 9.69. The van der Waals surface area contributed by atoms with E-state index in [0.29, 0.717) is 11.5 Å². The molecule has 1 amide bonds. The molecule has 0 spiro atoms. The van der Waals surface area contributed by atoms with Gasteiger partial charge in [0.25, 0.3) is 0 Å². The Morgan fingerprint density at radius 2 is 1.88 bits per heavy atom. The predicted octanol–water partition coefficient (Wildman–Crippen LogP) is 1.57. The molecule has 2 heterocycles. The minimum absolute atomic E-state index is 0.0129. The van der Waals surface area contributed by atoms with Gasteiger partial charge >= 0.3 is 0 Å². The van der Waals surface area contributed by atoms with Gasteiger partial charge in [-0.1, -0.05) is 6.07 Å². The second kappa shape index (κ2) is 8.29. The zero-order valence-electron chi connectivity index (χ0n) is 15.2. The van der Waals surface area contributed by atoms with E-state index in [4.69, 9.17) is 9.47 Å². The maximum absolute atomic E-state index is 12.7. The molecule has 25 heavy (non-hydrogen) atoms. The summed E-state index contributed by atoms with van der Waals surface area (Å²) in [6.07, 6.45) is 0. The summed E-state index contributed by atoms with van der Waals surface area (Å²) in [6, 6.07) is 5.93. The number of carbonyl (C=O) groups excluding carboxylic acids is 1. The predicted molar refractivity (Wildman–Crippen MR) is 100 cm³/mol. The molecule has 1 aromatic carbocycles. The maximum Gasteiger partial charge on any atom is 0.236 e. The fourth-order valence-electron chi connectivity index (χ4n) is 3.35. The summed E-state index contributed by atoms with van der Waals surface area (Å²) in [7, 11) is 3.27. The molecule has 6 nitrogen and oxygen atoms in total. The summed E-state index contributed by atoms with van der Waals surface area (Å²) in [6.45, 7) is 7.82. The van der Waals surface area contributed by atoms with Crippen molar-refractivity contribution in [1.82, 2.24) is 15.1 Å². The van der Waals surface area contributed by atoms with Gasteiger partial charge in [-0.05, 0) is 24.6 Å². The SMILES string of the molecule is COc1ccc(C2SC(C)C(=O)N2CCN2CCNCC2)cc1OC. The van der Waals surface area contributed by atoms with Gasteiger partial charge in [-0.15, -0.1) is 11.8 Å². The molecule has 138 valence electrons. The van der Waals surface area contributed by atoms with Gasteiger partial charge in [-0.25, -0.2) is 0 Å². The van der Waals surface area contributed by atoms with E-state index in [9.17, 15) is 4.79 Å². The van der Waals surface area contributed by atoms with E-state index in [1.54, 1.807) is 26.0 Å². The average molecular weight is 365 g/mol. The van der Waals surface area contributed by atoms with Crippen LogP contribution in [0.4, 0.5) is 0 Å². The zero-order valence-corrected chi connectivity index (χ0v) is 16.0. The van der Waals surface area contributed by atoms with Crippen molar-refractivity contribution >= 4 is 17.7 Å². The van der Waals surface area contributed by atoms with Gasteiger partial charge in [0.05, 0.1) is 19.5 Å². The number of benzene rings is 1. The fraction of sp³-hybridized carbons (Fsp3) is 0.611. The van der Waals surface area contributed by atoms with E-state index in [0.717, 1.165) is 44.8 Å². The number of ether oxygens (including phenoxy) is 2. The highest BCUT2D eigenvalue weighted by Gasteiger charge is 2.38. The third-order valence-electron chi connectivity index (χ3n) is 4.81. The Kier molecular flexibility index (Phi) is 6.09. The van der Waals surface area contributed by atoms with Crippen LogP contribution in [0, 0.1) is 0 Å². The lowest BCUT2D eigenvalue weighted by Gasteiger charge is -2.31. The number of amides is 1. The smallest absolute Gasteiger partial charge is 0.236 e. The monoisotopic (exact) mass is 365 g/mol. The second-order valence-corrected chi connectivity index (χ2v) is 7.79. The van der Waals surface area contributed by atoms with Crippen molar-refractivity contribution in [2.75, 3.05) is 53.5 Å². The third kappa shape index (κ3) is 4.04. The number of nitrogens with zero attached hydrogens (tertiary/aromatic N) is 2. The lowest BCUT2D eigenvalue weighted by molar-refractivity contribution is -0.130. The number of rotatable bonds is 6. The number of carbonyl (C=O) groups is 1. The van der Waals surface area contributed by atoms with Crippen LogP contribution < -0.4 is 14.8 Å². The third-order valence-corrected chi connectivity index (χ3v) is 6.20. The summed E-state index contributed by atoms with van der Waals surface area (Å²) >= 11 is 1.70. The highest BCUT2D eigenvalue weighted by Crippen LogP contribution is 2.44. The molecule has 2 fully saturated rings. The van der Waals surface area contributed by atoms with Gasteiger partial charge in [0.15, 0.2) is 11.5 Å². The molecule has 0 bridgehead atoms. The largest absolute Gasteiger partial charge is 0.493 e. The topological polar surface area (TPSA) is 54.0 Å². The number of piperazine rings is 1. The molecule has 2 atom stereocenters. The molecule has 2 saturated heterocycles. The Hall–Kier alpha value is -1.44. The molecule has 0 radical (unpaired) electrons. The normalized spacial score (nSPS) is 24.6. The van der Waals surface area contributed by atoms with Crippen molar-refractivity contribution in [3.63, 3.8) is 0 Å². The first kappa shape index (κ1) is 18.4. The number of hydrogen-bond acceptors (Lipinski definition) is 6. The van der Waals surface area contributed by atoms with Crippen LogP contribution in [-0.2, 0) is 4.79 Å². The van der Waals surface area contributed by atoms with Crippen LogP contribution in [0.2, 0.25) is 0 Å². The van der Waals surface area contributed by atoms with Crippen LogP contribution in [0.5, 0.6) is 11.5 Å². The van der Waals surface area contributed by atoms with Crippen LogP contribution in [-0.4, -0.2) is 74.4 Å². The average Bonchev–Trinajstić information content (AvgIpc) is 2.94. The minimum atomic E-state index is -0.0129. The molecule has 1 aromatic rings. The molecule has 7 heteroatoms. The first-order valence-electron chi connectivity index (χ1n) is 8.75. The Balaban J connectivity index is 1.74. The van der Waals surface area contributed by atoms with Crippen LogP contribution in [0.15, 0.2) is 18.2 Å². The van der Waals surface area contributed by atoms with Crippen molar-refractivity contribution < 1.29 is 14.3 Å². The van der Waals surface area contributed by atoms with Crippen molar-refractivity contribution in [1.29, 1.82) is 0 Å². The second-order valence-electron chi connectivity index (χ2n) is 6.37. The van der Waals surface area contributed by atoms with E-state index < -0.39 is 0 Å². The Bertz CT molecular complexity index is 607.